The number of hydrogen-bond donors (Lipinski definition) is 2. The minimum absolute atomic E-state index is 0.224. The van der Waals surface area contributed by atoms with E-state index in [0.29, 0.717) is 6.07 Å². The summed E-state index contributed by atoms with van der Waals surface area (Å²) in [5.74, 6) is 1.58. The van der Waals surface area contributed by atoms with Gasteiger partial charge in [0.25, 0.3) is 5.88 Å². The number of hydrazine groups is 1. The molecule has 0 spiro atoms. The third-order valence-corrected chi connectivity index (χ3v) is 2.30. The second kappa shape index (κ2) is 5.45. The zero-order valence-corrected chi connectivity index (χ0v) is 9.84. The third kappa shape index (κ3) is 2.62. The first-order valence-corrected chi connectivity index (χ1v) is 5.27. The maximum absolute atomic E-state index is 13.5. The number of benzene rings is 1. The van der Waals surface area contributed by atoms with Crippen LogP contribution in [0.1, 0.15) is 0 Å². The molecule has 0 aliphatic heterocycles. The molecule has 0 unspecified atom stereocenters. The van der Waals surface area contributed by atoms with Crippen LogP contribution in [-0.4, -0.2) is 9.91 Å². The highest BCUT2D eigenvalue weighted by atomic mass is 19.1. The van der Waals surface area contributed by atoms with Crippen LogP contribution in [0.15, 0.2) is 30.3 Å². The van der Waals surface area contributed by atoms with Crippen LogP contribution in [0.4, 0.5) is 20.3 Å². The monoisotopic (exact) mass is 282 g/mol. The molecule has 104 valence electrons. The molecular weight excluding hydrogens is 274 g/mol. The molecule has 1 heterocycles. The van der Waals surface area contributed by atoms with Crippen LogP contribution < -0.4 is 16.0 Å². The molecule has 1 aromatic heterocycles. The quantitative estimate of drug-likeness (QED) is 0.507. The van der Waals surface area contributed by atoms with Crippen molar-refractivity contribution in [3.8, 4) is 11.6 Å². The second-order valence-corrected chi connectivity index (χ2v) is 3.58. The summed E-state index contributed by atoms with van der Waals surface area (Å²) >= 11 is 0. The first-order chi connectivity index (χ1) is 9.52. The molecule has 7 nitrogen and oxygen atoms in total. The first kappa shape index (κ1) is 13.6. The van der Waals surface area contributed by atoms with Crippen LogP contribution in [0.2, 0.25) is 0 Å². The van der Waals surface area contributed by atoms with Gasteiger partial charge >= 0.3 is 5.69 Å². The van der Waals surface area contributed by atoms with E-state index >= 15 is 0 Å². The van der Waals surface area contributed by atoms with E-state index in [4.69, 9.17) is 10.6 Å². The molecule has 9 heteroatoms. The van der Waals surface area contributed by atoms with Crippen LogP contribution >= 0.6 is 0 Å². The van der Waals surface area contributed by atoms with Gasteiger partial charge in [-0.3, -0.25) is 10.1 Å². The molecule has 0 amide bonds. The molecule has 0 aliphatic rings. The van der Waals surface area contributed by atoms with Crippen LogP contribution in [0, 0.1) is 21.7 Å². The lowest BCUT2D eigenvalue weighted by Gasteiger charge is -2.08. The van der Waals surface area contributed by atoms with Gasteiger partial charge in [-0.05, 0) is 6.07 Å². The number of nitro groups is 1. The molecule has 2 rings (SSSR count). The molecule has 2 aromatic rings. The van der Waals surface area contributed by atoms with E-state index in [0.717, 1.165) is 0 Å². The Balaban J connectivity index is 2.42. The van der Waals surface area contributed by atoms with E-state index in [2.05, 4.69) is 4.98 Å². The molecule has 0 atom stereocenters. The highest BCUT2D eigenvalue weighted by Gasteiger charge is 2.19. The standard InChI is InChI=1S/C11H8F2N4O3/c12-6-5-7(13)11(15-10(6)16-14)20-9-4-2-1-3-8(9)17(18)19/h1-5H,14H2,(H,15,16). The molecule has 20 heavy (non-hydrogen) atoms. The van der Waals surface area contributed by atoms with Crippen molar-refractivity contribution in [2.24, 2.45) is 5.84 Å². The fourth-order valence-electron chi connectivity index (χ4n) is 1.42. The highest BCUT2D eigenvalue weighted by molar-refractivity contribution is 5.48. The topological polar surface area (TPSA) is 103 Å². The average molecular weight is 282 g/mol. The Morgan fingerprint density at radius 2 is 2.00 bits per heavy atom. The van der Waals surface area contributed by atoms with Crippen LogP contribution in [0.5, 0.6) is 11.6 Å². The Hall–Kier alpha value is -2.81. The van der Waals surface area contributed by atoms with Gasteiger partial charge in [-0.25, -0.2) is 14.6 Å². The number of nitrogen functional groups attached to an aromatic ring is 1. The minimum atomic E-state index is -1.11. The van der Waals surface area contributed by atoms with Gasteiger partial charge in [-0.2, -0.15) is 4.98 Å². The smallest absolute Gasteiger partial charge is 0.311 e. The maximum Gasteiger partial charge on any atom is 0.311 e. The number of aromatic nitrogens is 1. The molecule has 0 bridgehead atoms. The Kier molecular flexibility index (Phi) is 3.71. The van der Waals surface area contributed by atoms with Gasteiger partial charge in [0, 0.05) is 12.1 Å². The lowest BCUT2D eigenvalue weighted by Crippen LogP contribution is -2.11. The summed E-state index contributed by atoms with van der Waals surface area (Å²) < 4.78 is 31.7. The van der Waals surface area contributed by atoms with Crippen molar-refractivity contribution in [2.45, 2.75) is 0 Å². The van der Waals surface area contributed by atoms with Gasteiger partial charge in [0.15, 0.2) is 17.5 Å². The first-order valence-electron chi connectivity index (χ1n) is 5.27. The number of halogens is 2. The summed E-state index contributed by atoms with van der Waals surface area (Å²) in [7, 11) is 0. The molecule has 0 saturated heterocycles. The van der Waals surface area contributed by atoms with Crippen molar-refractivity contribution in [1.82, 2.24) is 4.98 Å². The zero-order chi connectivity index (χ0) is 14.7. The summed E-state index contributed by atoms with van der Waals surface area (Å²) in [4.78, 5) is 13.6. The molecule has 1 aromatic carbocycles. The molecular formula is C11H8F2N4O3. The molecule has 0 aliphatic carbocycles. The van der Waals surface area contributed by atoms with Crippen molar-refractivity contribution < 1.29 is 18.4 Å². The number of nitrogens with zero attached hydrogens (tertiary/aromatic N) is 2. The Morgan fingerprint density at radius 3 is 2.65 bits per heavy atom. The van der Waals surface area contributed by atoms with Gasteiger partial charge in [0.2, 0.25) is 5.75 Å². The molecule has 0 saturated carbocycles. The van der Waals surface area contributed by atoms with E-state index in [1.807, 2.05) is 5.43 Å². The fraction of sp³-hybridized carbons (Fsp3) is 0. The van der Waals surface area contributed by atoms with E-state index in [1.165, 1.54) is 24.3 Å². The van der Waals surface area contributed by atoms with Gasteiger partial charge in [0.05, 0.1) is 4.92 Å². The second-order valence-electron chi connectivity index (χ2n) is 3.58. The van der Waals surface area contributed by atoms with Crippen LogP contribution in [0.3, 0.4) is 0 Å². The van der Waals surface area contributed by atoms with E-state index < -0.39 is 28.3 Å². The summed E-state index contributed by atoms with van der Waals surface area (Å²) in [6.45, 7) is 0. The lowest BCUT2D eigenvalue weighted by atomic mass is 10.3. The van der Waals surface area contributed by atoms with E-state index in [1.54, 1.807) is 0 Å². The fourth-order valence-corrected chi connectivity index (χ4v) is 1.42. The summed E-state index contributed by atoms with van der Waals surface area (Å²) in [5, 5.41) is 10.8. The Labute approximate surface area is 111 Å². The lowest BCUT2D eigenvalue weighted by molar-refractivity contribution is -0.385. The maximum atomic E-state index is 13.5. The van der Waals surface area contributed by atoms with Gasteiger partial charge in [-0.1, -0.05) is 12.1 Å². The SMILES string of the molecule is NNc1nc(Oc2ccccc2[N+](=O)[O-])c(F)cc1F. The van der Waals surface area contributed by atoms with Crippen molar-refractivity contribution >= 4 is 11.5 Å². The number of anilines is 1. The number of hydrogen-bond acceptors (Lipinski definition) is 6. The predicted molar refractivity (Wildman–Crippen MR) is 65.1 cm³/mol. The van der Waals surface area contributed by atoms with E-state index in [-0.39, 0.29) is 11.4 Å². The van der Waals surface area contributed by atoms with Gasteiger partial charge < -0.3 is 10.2 Å². The number of nitrogens with two attached hydrogens (primary N) is 1. The number of nitro benzene ring substituents is 1. The third-order valence-electron chi connectivity index (χ3n) is 2.30. The minimum Gasteiger partial charge on any atom is -0.429 e. The molecule has 0 fully saturated rings. The Morgan fingerprint density at radius 1 is 1.30 bits per heavy atom. The van der Waals surface area contributed by atoms with Crippen molar-refractivity contribution in [1.29, 1.82) is 0 Å². The van der Waals surface area contributed by atoms with Gasteiger partial charge in [0.1, 0.15) is 0 Å². The van der Waals surface area contributed by atoms with Gasteiger partial charge in [-0.15, -0.1) is 0 Å². The largest absolute Gasteiger partial charge is 0.429 e. The highest BCUT2D eigenvalue weighted by Crippen LogP contribution is 2.32. The Bertz CT molecular complexity index is 666. The zero-order valence-electron chi connectivity index (χ0n) is 9.84. The number of nitrogens with one attached hydrogen (secondary N) is 1. The molecule has 3 N–H and O–H groups in total. The average Bonchev–Trinajstić information content (AvgIpc) is 2.42. The number of ether oxygens (including phenoxy) is 1. The number of rotatable bonds is 4. The molecule has 0 radical (unpaired) electrons. The summed E-state index contributed by atoms with van der Waals surface area (Å²) in [6, 6.07) is 5.83. The summed E-state index contributed by atoms with van der Waals surface area (Å²) in [6.07, 6.45) is 0. The van der Waals surface area contributed by atoms with E-state index in [9.17, 15) is 18.9 Å². The van der Waals surface area contributed by atoms with Crippen molar-refractivity contribution in [2.75, 3.05) is 5.43 Å². The van der Waals surface area contributed by atoms with Crippen molar-refractivity contribution in [3.05, 3.63) is 52.1 Å². The number of para-hydroxylation sites is 2. The van der Waals surface area contributed by atoms with Crippen LogP contribution in [-0.2, 0) is 0 Å². The van der Waals surface area contributed by atoms with Crippen molar-refractivity contribution in [3.63, 3.8) is 0 Å². The normalized spacial score (nSPS) is 10.2. The predicted octanol–water partition coefficient (Wildman–Crippen LogP) is 2.35. The number of pyridine rings is 1. The van der Waals surface area contributed by atoms with Crippen LogP contribution in [0.25, 0.3) is 0 Å². The summed E-state index contributed by atoms with van der Waals surface area (Å²) in [5.41, 5.74) is 1.54.